The summed E-state index contributed by atoms with van der Waals surface area (Å²) < 4.78 is 6.57. The van der Waals surface area contributed by atoms with Gasteiger partial charge in [-0.1, -0.05) is 159 Å². The highest BCUT2D eigenvalue weighted by atomic mass is 16.3. The Morgan fingerprint density at radius 3 is 1.69 bits per heavy atom. The Morgan fingerprint density at radius 1 is 0.362 bits per heavy atom. The number of benzene rings is 8. The summed E-state index contributed by atoms with van der Waals surface area (Å²) in [5.74, 6) is 0.695. The van der Waals surface area contributed by atoms with Gasteiger partial charge in [0.25, 0.3) is 0 Å². The Hall–Kier alpha value is -7.36. The van der Waals surface area contributed by atoms with Crippen LogP contribution in [0.25, 0.3) is 100 Å². The Balaban J connectivity index is 1.14. The van der Waals surface area contributed by atoms with Crippen LogP contribution in [0.5, 0.6) is 0 Å². The third-order valence-corrected chi connectivity index (χ3v) is 11.9. The number of rotatable bonds is 6. The van der Waals surface area contributed by atoms with E-state index in [1.165, 1.54) is 22.3 Å². The van der Waals surface area contributed by atoms with Gasteiger partial charge in [0.15, 0.2) is 5.82 Å². The average molecular weight is 743 g/mol. The molecule has 0 saturated carbocycles. The normalized spacial score (nSPS) is 12.8. The van der Waals surface area contributed by atoms with Gasteiger partial charge in [0.2, 0.25) is 0 Å². The van der Waals surface area contributed by atoms with E-state index in [1.54, 1.807) is 0 Å². The Labute approximate surface area is 338 Å². The van der Waals surface area contributed by atoms with Crippen molar-refractivity contribution in [3.8, 4) is 78.4 Å². The van der Waals surface area contributed by atoms with E-state index in [1.807, 2.05) is 24.3 Å². The molecule has 0 spiro atoms. The molecular weight excluding hydrogens is 705 g/mol. The number of hydrogen-bond donors (Lipinski definition) is 0. The van der Waals surface area contributed by atoms with E-state index >= 15 is 0 Å². The van der Waals surface area contributed by atoms with Crippen molar-refractivity contribution in [2.45, 2.75) is 19.3 Å². The molecule has 0 atom stereocenters. The first-order chi connectivity index (χ1) is 28.5. The maximum absolute atomic E-state index is 6.57. The summed E-state index contributed by atoms with van der Waals surface area (Å²) in [6.45, 7) is 4.65. The molecule has 0 N–H and O–H groups in total. The van der Waals surface area contributed by atoms with Crippen molar-refractivity contribution in [1.29, 1.82) is 0 Å². The molecule has 3 heteroatoms. The molecule has 10 aromatic rings. The van der Waals surface area contributed by atoms with Gasteiger partial charge in [-0.25, -0.2) is 9.97 Å². The van der Waals surface area contributed by atoms with E-state index in [-0.39, 0.29) is 5.41 Å². The van der Waals surface area contributed by atoms with Crippen LogP contribution in [0.1, 0.15) is 25.0 Å². The van der Waals surface area contributed by atoms with Gasteiger partial charge in [0.05, 0.1) is 11.4 Å². The first-order valence-corrected chi connectivity index (χ1v) is 19.9. The van der Waals surface area contributed by atoms with Gasteiger partial charge < -0.3 is 4.42 Å². The largest absolute Gasteiger partial charge is 0.455 e. The highest BCUT2D eigenvalue weighted by Crippen LogP contribution is 2.50. The summed E-state index contributed by atoms with van der Waals surface area (Å²) in [5, 5.41) is 2.19. The summed E-state index contributed by atoms with van der Waals surface area (Å²) in [6.07, 6.45) is 0. The van der Waals surface area contributed by atoms with E-state index in [2.05, 4.69) is 184 Å². The van der Waals surface area contributed by atoms with Crippen LogP contribution in [0.3, 0.4) is 0 Å². The minimum absolute atomic E-state index is 0.126. The molecule has 11 rings (SSSR count). The zero-order valence-corrected chi connectivity index (χ0v) is 32.3. The molecular formula is C55H38N2O. The molecule has 1 aliphatic carbocycles. The topological polar surface area (TPSA) is 38.9 Å². The van der Waals surface area contributed by atoms with Crippen molar-refractivity contribution in [3.05, 3.63) is 205 Å². The molecule has 0 saturated heterocycles. The van der Waals surface area contributed by atoms with E-state index < -0.39 is 0 Å². The minimum Gasteiger partial charge on any atom is -0.455 e. The lowest BCUT2D eigenvalue weighted by atomic mass is 9.82. The molecule has 2 aromatic heterocycles. The van der Waals surface area contributed by atoms with Crippen molar-refractivity contribution in [1.82, 2.24) is 9.97 Å². The molecule has 3 nitrogen and oxygen atoms in total. The summed E-state index contributed by atoms with van der Waals surface area (Å²) >= 11 is 0. The maximum Gasteiger partial charge on any atom is 0.160 e. The van der Waals surface area contributed by atoms with Crippen molar-refractivity contribution < 1.29 is 4.42 Å². The molecule has 0 bridgehead atoms. The van der Waals surface area contributed by atoms with Gasteiger partial charge in [-0.2, -0.15) is 0 Å². The lowest BCUT2D eigenvalue weighted by molar-refractivity contribution is 0.660. The second kappa shape index (κ2) is 13.4. The predicted molar refractivity (Wildman–Crippen MR) is 239 cm³/mol. The second-order valence-electron chi connectivity index (χ2n) is 15.8. The number of nitrogens with zero attached hydrogens (tertiary/aromatic N) is 2. The minimum atomic E-state index is -0.126. The Morgan fingerprint density at radius 2 is 0.931 bits per heavy atom. The fraction of sp³-hybridized carbons (Fsp3) is 0.0545. The number of fused-ring (bicyclic) bond motifs is 6. The molecule has 274 valence electrons. The van der Waals surface area contributed by atoms with Crippen molar-refractivity contribution in [3.63, 3.8) is 0 Å². The molecule has 2 heterocycles. The molecule has 0 fully saturated rings. The van der Waals surface area contributed by atoms with Crippen LogP contribution in [-0.4, -0.2) is 9.97 Å². The van der Waals surface area contributed by atoms with Crippen molar-refractivity contribution >= 4 is 21.9 Å². The molecule has 58 heavy (non-hydrogen) atoms. The van der Waals surface area contributed by atoms with Crippen LogP contribution in [0, 0.1) is 0 Å². The Bertz CT molecular complexity index is 3180. The van der Waals surface area contributed by atoms with Crippen LogP contribution in [-0.2, 0) is 5.41 Å². The number of para-hydroxylation sites is 1. The van der Waals surface area contributed by atoms with Crippen LogP contribution in [0.15, 0.2) is 199 Å². The summed E-state index contributed by atoms with van der Waals surface area (Å²) in [7, 11) is 0. The number of furan rings is 1. The number of aromatic nitrogens is 2. The third kappa shape index (κ3) is 5.66. The van der Waals surface area contributed by atoms with Gasteiger partial charge in [0, 0.05) is 38.4 Å². The van der Waals surface area contributed by atoms with Gasteiger partial charge in [-0.05, 0) is 98.6 Å². The summed E-state index contributed by atoms with van der Waals surface area (Å²) in [4.78, 5) is 10.6. The lowest BCUT2D eigenvalue weighted by Crippen LogP contribution is -2.14. The first kappa shape index (κ1) is 33.9. The Kier molecular flexibility index (Phi) is 7.84. The summed E-state index contributed by atoms with van der Waals surface area (Å²) in [5.41, 5.74) is 18.4. The third-order valence-electron chi connectivity index (χ3n) is 11.9. The SMILES string of the molecule is CC1(C)c2ccccc2-c2ccc(-c3cc(-c4cc(-c5ccccc5)cc(-c5cc(-c6ccccc6)c6oc7ccccc7c6c5)c4)nc(-c4ccccc4)n3)cc21. The van der Waals surface area contributed by atoms with Crippen molar-refractivity contribution in [2.75, 3.05) is 0 Å². The molecule has 1 aliphatic rings. The molecule has 0 amide bonds. The predicted octanol–water partition coefficient (Wildman–Crippen LogP) is 14.7. The van der Waals surface area contributed by atoms with Crippen LogP contribution >= 0.6 is 0 Å². The maximum atomic E-state index is 6.57. The highest BCUT2D eigenvalue weighted by Gasteiger charge is 2.35. The van der Waals surface area contributed by atoms with Crippen molar-refractivity contribution in [2.24, 2.45) is 0 Å². The van der Waals surface area contributed by atoms with Crippen LogP contribution < -0.4 is 0 Å². The smallest absolute Gasteiger partial charge is 0.160 e. The van der Waals surface area contributed by atoms with E-state index in [9.17, 15) is 0 Å². The molecule has 0 radical (unpaired) electrons. The van der Waals surface area contributed by atoms with Gasteiger partial charge in [-0.15, -0.1) is 0 Å². The second-order valence-corrected chi connectivity index (χ2v) is 15.8. The average Bonchev–Trinajstić information content (AvgIpc) is 3.78. The fourth-order valence-corrected chi connectivity index (χ4v) is 8.89. The van der Waals surface area contributed by atoms with Crippen LogP contribution in [0.2, 0.25) is 0 Å². The van der Waals surface area contributed by atoms with Gasteiger partial charge in [-0.3, -0.25) is 0 Å². The molecule has 0 unspecified atom stereocenters. The van der Waals surface area contributed by atoms with E-state index in [0.29, 0.717) is 5.82 Å². The van der Waals surface area contributed by atoms with Gasteiger partial charge in [0.1, 0.15) is 11.2 Å². The zero-order valence-electron chi connectivity index (χ0n) is 32.3. The van der Waals surface area contributed by atoms with Gasteiger partial charge >= 0.3 is 0 Å². The highest BCUT2D eigenvalue weighted by molar-refractivity contribution is 6.11. The summed E-state index contributed by atoms with van der Waals surface area (Å²) in [6, 6.07) is 69.0. The molecule has 8 aromatic carbocycles. The lowest BCUT2D eigenvalue weighted by Gasteiger charge is -2.22. The monoisotopic (exact) mass is 742 g/mol. The van der Waals surface area contributed by atoms with E-state index in [0.717, 1.165) is 83.4 Å². The zero-order chi connectivity index (χ0) is 38.8. The molecule has 0 aliphatic heterocycles. The van der Waals surface area contributed by atoms with Crippen LogP contribution in [0.4, 0.5) is 0 Å². The quantitative estimate of drug-likeness (QED) is 0.170. The first-order valence-electron chi connectivity index (χ1n) is 19.9. The van der Waals surface area contributed by atoms with E-state index in [4.69, 9.17) is 14.4 Å². The standard InChI is InChI=1S/C55H38N2O/c1-55(2)48-24-14-12-22-43(48)44-27-26-38(33-49(44)55)50-34-51(57-54(56-50)37-20-10-5-11-21-37)42-29-39(35-16-6-3-7-17-35)28-40(30-42)41-31-46(36-18-8-4-9-19-36)53-47(32-41)45-23-13-15-25-52(45)58-53/h3-34H,1-2H3. The number of hydrogen-bond acceptors (Lipinski definition) is 3. The fourth-order valence-electron chi connectivity index (χ4n) is 8.89.